The van der Waals surface area contributed by atoms with Gasteiger partial charge in [-0.3, -0.25) is 4.90 Å². The van der Waals surface area contributed by atoms with Crippen LogP contribution < -0.4 is 0 Å². The van der Waals surface area contributed by atoms with Crippen molar-refractivity contribution in [2.45, 2.75) is 64.2 Å². The van der Waals surface area contributed by atoms with E-state index in [9.17, 15) is 5.11 Å². The molecule has 1 N–H and O–H groups in total. The summed E-state index contributed by atoms with van der Waals surface area (Å²) in [5.74, 6) is 0.299. The second-order valence-electron chi connectivity index (χ2n) is 6.24. The summed E-state index contributed by atoms with van der Waals surface area (Å²) in [7, 11) is 0. The average molecular weight is 241 g/mol. The summed E-state index contributed by atoms with van der Waals surface area (Å²) in [6, 6.07) is 0.544. The zero-order valence-corrected chi connectivity index (χ0v) is 11.5. The summed E-state index contributed by atoms with van der Waals surface area (Å²) in [6.07, 6.45) is 5.46. The summed E-state index contributed by atoms with van der Waals surface area (Å²) in [6.45, 7) is 8.75. The molecule has 0 aromatic heterocycles. The van der Waals surface area contributed by atoms with Crippen molar-refractivity contribution >= 4 is 0 Å². The van der Waals surface area contributed by atoms with Gasteiger partial charge in [-0.2, -0.15) is 0 Å². The number of hydrogen-bond donors (Lipinski definition) is 1. The minimum Gasteiger partial charge on any atom is -0.389 e. The van der Waals surface area contributed by atoms with E-state index in [1.54, 1.807) is 0 Å². The highest BCUT2D eigenvalue weighted by Crippen LogP contribution is 2.30. The quantitative estimate of drug-likeness (QED) is 0.820. The molecule has 3 unspecified atom stereocenters. The van der Waals surface area contributed by atoms with Gasteiger partial charge < -0.3 is 9.84 Å². The van der Waals surface area contributed by atoms with Gasteiger partial charge in [-0.05, 0) is 25.7 Å². The van der Waals surface area contributed by atoms with Crippen LogP contribution in [0.5, 0.6) is 0 Å². The number of β-amino-alcohol motifs (C(OH)–C–C–N with tert-alkyl or cyclic N) is 1. The predicted molar refractivity (Wildman–Crippen MR) is 69.0 cm³/mol. The average Bonchev–Trinajstić information content (AvgIpc) is 2.29. The molecule has 0 radical (unpaired) electrons. The number of fused-ring (bicyclic) bond motifs is 1. The van der Waals surface area contributed by atoms with Gasteiger partial charge in [-0.1, -0.05) is 26.7 Å². The van der Waals surface area contributed by atoms with Crippen LogP contribution in [0.4, 0.5) is 0 Å². The second-order valence-corrected chi connectivity index (χ2v) is 6.24. The van der Waals surface area contributed by atoms with Crippen LogP contribution in [0, 0.1) is 5.92 Å². The maximum atomic E-state index is 10.5. The van der Waals surface area contributed by atoms with E-state index in [0.717, 1.165) is 19.7 Å². The topological polar surface area (TPSA) is 32.7 Å². The molecule has 3 heteroatoms. The first-order valence-corrected chi connectivity index (χ1v) is 7.09. The van der Waals surface area contributed by atoms with Crippen molar-refractivity contribution in [3.63, 3.8) is 0 Å². The molecule has 1 aliphatic carbocycles. The molecule has 100 valence electrons. The molecule has 2 aliphatic rings. The second kappa shape index (κ2) is 5.25. The van der Waals surface area contributed by atoms with Gasteiger partial charge >= 0.3 is 0 Å². The summed E-state index contributed by atoms with van der Waals surface area (Å²) in [5.41, 5.74) is -0.584. The van der Waals surface area contributed by atoms with E-state index in [4.69, 9.17) is 4.74 Å². The molecular formula is C14H27NO2. The highest BCUT2D eigenvalue weighted by atomic mass is 16.5. The first-order chi connectivity index (χ1) is 8.00. The highest BCUT2D eigenvalue weighted by molar-refractivity contribution is 4.91. The standard InChI is InChI=1S/C14H27NO2/c1-11(2)14(3,16)10-15-8-9-17-13-7-5-4-6-12(13)15/h11-13,16H,4-10H2,1-3H3. The van der Waals surface area contributed by atoms with Gasteiger partial charge in [0.2, 0.25) is 0 Å². The Bertz CT molecular complexity index is 251. The highest BCUT2D eigenvalue weighted by Gasteiger charge is 2.38. The lowest BCUT2D eigenvalue weighted by Crippen LogP contribution is -2.57. The Labute approximate surface area is 105 Å². The molecular weight excluding hydrogens is 214 g/mol. The van der Waals surface area contributed by atoms with Crippen LogP contribution in [0.2, 0.25) is 0 Å². The van der Waals surface area contributed by atoms with E-state index in [0.29, 0.717) is 18.1 Å². The summed E-state index contributed by atoms with van der Waals surface area (Å²) in [4.78, 5) is 2.47. The van der Waals surface area contributed by atoms with Gasteiger partial charge in [0.15, 0.2) is 0 Å². The summed E-state index contributed by atoms with van der Waals surface area (Å²) in [5, 5.41) is 10.5. The smallest absolute Gasteiger partial charge is 0.0768 e. The van der Waals surface area contributed by atoms with Crippen LogP contribution >= 0.6 is 0 Å². The molecule has 3 nitrogen and oxygen atoms in total. The number of ether oxygens (including phenoxy) is 1. The maximum absolute atomic E-state index is 10.5. The minimum atomic E-state index is -0.584. The molecule has 1 saturated carbocycles. The fraction of sp³-hybridized carbons (Fsp3) is 1.00. The third kappa shape index (κ3) is 3.01. The van der Waals surface area contributed by atoms with Gasteiger partial charge in [-0.25, -0.2) is 0 Å². The van der Waals surface area contributed by atoms with Crippen LogP contribution in [-0.4, -0.2) is 47.4 Å². The van der Waals surface area contributed by atoms with Crippen LogP contribution in [0.3, 0.4) is 0 Å². The van der Waals surface area contributed by atoms with Gasteiger partial charge in [0.05, 0.1) is 18.3 Å². The Hall–Kier alpha value is -0.120. The molecule has 1 saturated heterocycles. The molecule has 2 fully saturated rings. The zero-order chi connectivity index (χ0) is 12.5. The SMILES string of the molecule is CC(C)C(C)(O)CN1CCOC2CCCCC21. The Morgan fingerprint density at radius 2 is 2.06 bits per heavy atom. The Morgan fingerprint density at radius 3 is 2.76 bits per heavy atom. The van der Waals surface area contributed by atoms with Crippen molar-refractivity contribution < 1.29 is 9.84 Å². The lowest BCUT2D eigenvalue weighted by molar-refractivity contribution is -0.117. The maximum Gasteiger partial charge on any atom is 0.0768 e. The fourth-order valence-corrected chi connectivity index (χ4v) is 2.97. The Balaban J connectivity index is 1.99. The van der Waals surface area contributed by atoms with Gasteiger partial charge in [0.1, 0.15) is 0 Å². The molecule has 1 aliphatic heterocycles. The van der Waals surface area contributed by atoms with E-state index >= 15 is 0 Å². The molecule has 0 bridgehead atoms. The summed E-state index contributed by atoms with van der Waals surface area (Å²) >= 11 is 0. The van der Waals surface area contributed by atoms with Crippen molar-refractivity contribution in [1.29, 1.82) is 0 Å². The van der Waals surface area contributed by atoms with Crippen molar-refractivity contribution in [3.05, 3.63) is 0 Å². The van der Waals surface area contributed by atoms with E-state index in [1.165, 1.54) is 25.7 Å². The van der Waals surface area contributed by atoms with E-state index in [-0.39, 0.29) is 0 Å². The van der Waals surface area contributed by atoms with E-state index in [1.807, 2.05) is 6.92 Å². The van der Waals surface area contributed by atoms with Crippen LogP contribution in [0.1, 0.15) is 46.5 Å². The van der Waals surface area contributed by atoms with Crippen molar-refractivity contribution in [2.24, 2.45) is 5.92 Å². The van der Waals surface area contributed by atoms with E-state index < -0.39 is 5.60 Å². The summed E-state index contributed by atoms with van der Waals surface area (Å²) < 4.78 is 5.86. The number of aliphatic hydroxyl groups is 1. The zero-order valence-electron chi connectivity index (χ0n) is 11.5. The van der Waals surface area contributed by atoms with Crippen molar-refractivity contribution in [1.82, 2.24) is 4.90 Å². The van der Waals surface area contributed by atoms with Crippen LogP contribution in [0.25, 0.3) is 0 Å². The fourth-order valence-electron chi connectivity index (χ4n) is 2.97. The Kier molecular flexibility index (Phi) is 4.11. The predicted octanol–water partition coefficient (Wildman–Crippen LogP) is 2.04. The molecule has 0 amide bonds. The van der Waals surface area contributed by atoms with Gasteiger partial charge in [0, 0.05) is 19.1 Å². The molecule has 0 spiro atoms. The van der Waals surface area contributed by atoms with Crippen molar-refractivity contribution in [3.8, 4) is 0 Å². The van der Waals surface area contributed by atoms with E-state index in [2.05, 4.69) is 18.7 Å². The molecule has 3 atom stereocenters. The van der Waals surface area contributed by atoms with Crippen molar-refractivity contribution in [2.75, 3.05) is 19.7 Å². The minimum absolute atomic E-state index is 0.299. The Morgan fingerprint density at radius 1 is 1.35 bits per heavy atom. The van der Waals surface area contributed by atoms with Gasteiger partial charge in [0.25, 0.3) is 0 Å². The van der Waals surface area contributed by atoms with Crippen LogP contribution in [-0.2, 0) is 4.74 Å². The third-order valence-electron chi connectivity index (χ3n) is 4.61. The number of morpholine rings is 1. The van der Waals surface area contributed by atoms with Gasteiger partial charge in [-0.15, -0.1) is 0 Å². The largest absolute Gasteiger partial charge is 0.389 e. The lowest BCUT2D eigenvalue weighted by Gasteiger charge is -2.46. The molecule has 2 rings (SSSR count). The number of rotatable bonds is 3. The normalized spacial score (nSPS) is 34.4. The molecule has 1 heterocycles. The van der Waals surface area contributed by atoms with Crippen LogP contribution in [0.15, 0.2) is 0 Å². The monoisotopic (exact) mass is 241 g/mol. The first kappa shape index (κ1) is 13.3. The molecule has 17 heavy (non-hydrogen) atoms. The first-order valence-electron chi connectivity index (χ1n) is 7.09. The number of nitrogens with zero attached hydrogens (tertiary/aromatic N) is 1. The lowest BCUT2D eigenvalue weighted by atomic mass is 9.87. The molecule has 0 aromatic rings. The molecule has 0 aromatic carbocycles. The number of hydrogen-bond acceptors (Lipinski definition) is 3. The third-order valence-corrected chi connectivity index (χ3v) is 4.61.